The van der Waals surface area contributed by atoms with Crippen molar-refractivity contribution in [3.05, 3.63) is 66.4 Å². The molecule has 0 bridgehead atoms. The fourth-order valence-corrected chi connectivity index (χ4v) is 3.12. The van der Waals surface area contributed by atoms with E-state index in [4.69, 9.17) is 19.2 Å². The Morgan fingerprint density at radius 2 is 1.82 bits per heavy atom. The SMILES string of the molecule is COCCOc1ccnc(Nc2cccc(-c3cccc(CCNC(=O)OC(C)(C)C)c3)n2)c1. The Kier molecular flexibility index (Phi) is 8.81. The van der Waals surface area contributed by atoms with Crippen LogP contribution < -0.4 is 15.4 Å². The fraction of sp³-hybridized carbons (Fsp3) is 0.346. The number of carbonyl (C=O) groups is 1. The van der Waals surface area contributed by atoms with E-state index in [0.717, 1.165) is 16.8 Å². The number of pyridine rings is 2. The average Bonchev–Trinajstić information content (AvgIpc) is 2.79. The lowest BCUT2D eigenvalue weighted by Crippen LogP contribution is -2.33. The van der Waals surface area contributed by atoms with Crippen molar-refractivity contribution in [3.63, 3.8) is 0 Å². The fourth-order valence-electron chi connectivity index (χ4n) is 3.12. The molecule has 34 heavy (non-hydrogen) atoms. The monoisotopic (exact) mass is 464 g/mol. The summed E-state index contributed by atoms with van der Waals surface area (Å²) >= 11 is 0. The van der Waals surface area contributed by atoms with Crippen molar-refractivity contribution < 1.29 is 19.0 Å². The minimum atomic E-state index is -0.511. The molecular formula is C26H32N4O4. The Balaban J connectivity index is 1.62. The molecular weight excluding hydrogens is 432 g/mol. The maximum absolute atomic E-state index is 11.8. The van der Waals surface area contributed by atoms with E-state index >= 15 is 0 Å². The van der Waals surface area contributed by atoms with Crippen molar-refractivity contribution in [2.24, 2.45) is 0 Å². The molecule has 0 saturated heterocycles. The number of hydrogen-bond donors (Lipinski definition) is 2. The van der Waals surface area contributed by atoms with Crippen LogP contribution in [0.1, 0.15) is 26.3 Å². The Hall–Kier alpha value is -3.65. The summed E-state index contributed by atoms with van der Waals surface area (Å²) in [7, 11) is 1.64. The maximum atomic E-state index is 11.8. The molecule has 0 aliphatic rings. The first-order valence-corrected chi connectivity index (χ1v) is 11.2. The Morgan fingerprint density at radius 3 is 2.62 bits per heavy atom. The number of alkyl carbamates (subject to hydrolysis) is 1. The quantitative estimate of drug-likeness (QED) is 0.409. The maximum Gasteiger partial charge on any atom is 0.407 e. The molecule has 2 heterocycles. The lowest BCUT2D eigenvalue weighted by molar-refractivity contribution is 0.0528. The number of hydrogen-bond acceptors (Lipinski definition) is 7. The molecule has 180 valence electrons. The predicted octanol–water partition coefficient (Wildman–Crippen LogP) is 4.98. The second-order valence-corrected chi connectivity index (χ2v) is 8.63. The Labute approximate surface area is 200 Å². The molecule has 2 aromatic heterocycles. The number of benzene rings is 1. The predicted molar refractivity (Wildman–Crippen MR) is 133 cm³/mol. The summed E-state index contributed by atoms with van der Waals surface area (Å²) < 4.78 is 15.9. The van der Waals surface area contributed by atoms with Crippen LogP contribution in [-0.4, -0.2) is 48.5 Å². The number of aromatic nitrogens is 2. The van der Waals surface area contributed by atoms with Crippen molar-refractivity contribution in [1.82, 2.24) is 15.3 Å². The summed E-state index contributed by atoms with van der Waals surface area (Å²) in [5.74, 6) is 2.02. The first-order chi connectivity index (χ1) is 16.3. The van der Waals surface area contributed by atoms with Crippen molar-refractivity contribution in [2.75, 3.05) is 32.2 Å². The first-order valence-electron chi connectivity index (χ1n) is 11.2. The highest BCUT2D eigenvalue weighted by molar-refractivity contribution is 5.67. The number of amides is 1. The number of ether oxygens (including phenoxy) is 3. The number of carbonyl (C=O) groups excluding carboxylic acids is 1. The lowest BCUT2D eigenvalue weighted by Gasteiger charge is -2.19. The number of anilines is 2. The zero-order valence-corrected chi connectivity index (χ0v) is 20.1. The van der Waals surface area contributed by atoms with E-state index in [1.54, 1.807) is 19.4 Å². The van der Waals surface area contributed by atoms with Gasteiger partial charge in [0.15, 0.2) is 0 Å². The van der Waals surface area contributed by atoms with Gasteiger partial charge in [0.2, 0.25) is 0 Å². The van der Waals surface area contributed by atoms with Gasteiger partial charge in [-0.2, -0.15) is 0 Å². The van der Waals surface area contributed by atoms with Gasteiger partial charge in [-0.25, -0.2) is 14.8 Å². The molecule has 8 nitrogen and oxygen atoms in total. The number of methoxy groups -OCH3 is 1. The molecule has 0 atom stereocenters. The van der Waals surface area contributed by atoms with Crippen LogP contribution in [0.5, 0.6) is 5.75 Å². The Morgan fingerprint density at radius 1 is 1.00 bits per heavy atom. The highest BCUT2D eigenvalue weighted by Gasteiger charge is 2.15. The van der Waals surface area contributed by atoms with Crippen LogP contribution in [0.15, 0.2) is 60.8 Å². The lowest BCUT2D eigenvalue weighted by atomic mass is 10.1. The summed E-state index contributed by atoms with van der Waals surface area (Å²) in [6, 6.07) is 17.5. The molecule has 0 spiro atoms. The molecule has 3 aromatic rings. The number of nitrogens with one attached hydrogen (secondary N) is 2. The van der Waals surface area contributed by atoms with Crippen LogP contribution in [0.25, 0.3) is 11.3 Å². The molecule has 0 saturated carbocycles. The van der Waals surface area contributed by atoms with Gasteiger partial charge < -0.3 is 24.8 Å². The van der Waals surface area contributed by atoms with Crippen LogP contribution >= 0.6 is 0 Å². The van der Waals surface area contributed by atoms with Crippen molar-refractivity contribution in [2.45, 2.75) is 32.8 Å². The highest BCUT2D eigenvalue weighted by atomic mass is 16.6. The zero-order chi connectivity index (χ0) is 24.4. The van der Waals surface area contributed by atoms with Gasteiger partial charge in [0, 0.05) is 31.5 Å². The van der Waals surface area contributed by atoms with Gasteiger partial charge in [0.1, 0.15) is 29.6 Å². The van der Waals surface area contributed by atoms with Crippen LogP contribution in [-0.2, 0) is 15.9 Å². The van der Waals surface area contributed by atoms with Crippen molar-refractivity contribution in [1.29, 1.82) is 0 Å². The van der Waals surface area contributed by atoms with E-state index in [2.05, 4.69) is 21.7 Å². The summed E-state index contributed by atoms with van der Waals surface area (Å²) in [5, 5.41) is 6.02. The van der Waals surface area contributed by atoms with Gasteiger partial charge in [-0.3, -0.25) is 0 Å². The molecule has 3 rings (SSSR count). The van der Waals surface area contributed by atoms with Gasteiger partial charge in [-0.05, 0) is 57.0 Å². The number of nitrogens with zero attached hydrogens (tertiary/aromatic N) is 2. The van der Waals surface area contributed by atoms with Gasteiger partial charge in [-0.1, -0.05) is 24.3 Å². The Bertz CT molecular complexity index is 1080. The molecule has 0 aliphatic carbocycles. The van der Waals surface area contributed by atoms with E-state index in [0.29, 0.717) is 43.6 Å². The average molecular weight is 465 g/mol. The molecule has 1 aromatic carbocycles. The largest absolute Gasteiger partial charge is 0.491 e. The molecule has 1 amide bonds. The molecule has 0 unspecified atom stereocenters. The van der Waals surface area contributed by atoms with E-state index in [-0.39, 0.29) is 0 Å². The topological polar surface area (TPSA) is 94.6 Å². The molecule has 0 fully saturated rings. The van der Waals surface area contributed by atoms with Gasteiger partial charge >= 0.3 is 6.09 Å². The van der Waals surface area contributed by atoms with Crippen LogP contribution in [0.4, 0.5) is 16.4 Å². The third kappa shape index (κ3) is 8.37. The highest BCUT2D eigenvalue weighted by Crippen LogP contribution is 2.23. The minimum Gasteiger partial charge on any atom is -0.491 e. The second kappa shape index (κ2) is 12.0. The second-order valence-electron chi connectivity index (χ2n) is 8.63. The molecule has 0 radical (unpaired) electrons. The van der Waals surface area contributed by atoms with Gasteiger partial charge in [0.05, 0.1) is 12.3 Å². The molecule has 2 N–H and O–H groups in total. The van der Waals surface area contributed by atoms with Crippen molar-refractivity contribution >= 4 is 17.7 Å². The van der Waals surface area contributed by atoms with Crippen LogP contribution in [0.3, 0.4) is 0 Å². The standard InChI is InChI=1S/C26H32N4O4/c1-26(2,3)34-25(31)28-13-11-19-7-5-8-20(17-19)22-9-6-10-23(29-22)30-24-18-21(12-14-27-24)33-16-15-32-4/h5-10,12,14,17-18H,11,13,15-16H2,1-4H3,(H,28,31)(H,27,29,30). The van der Waals surface area contributed by atoms with Gasteiger partial charge in [0.25, 0.3) is 0 Å². The summed E-state index contributed by atoms with van der Waals surface area (Å²) in [6.45, 7) is 7.00. The smallest absolute Gasteiger partial charge is 0.407 e. The third-order valence-electron chi connectivity index (χ3n) is 4.60. The van der Waals surface area contributed by atoms with Crippen LogP contribution in [0, 0.1) is 0 Å². The van der Waals surface area contributed by atoms with Crippen molar-refractivity contribution in [3.8, 4) is 17.0 Å². The third-order valence-corrected chi connectivity index (χ3v) is 4.60. The number of rotatable bonds is 10. The normalized spacial score (nSPS) is 11.1. The van der Waals surface area contributed by atoms with E-state index in [9.17, 15) is 4.79 Å². The zero-order valence-electron chi connectivity index (χ0n) is 20.1. The van der Waals surface area contributed by atoms with Gasteiger partial charge in [-0.15, -0.1) is 0 Å². The summed E-state index contributed by atoms with van der Waals surface area (Å²) in [5.41, 5.74) is 2.40. The molecule has 0 aliphatic heterocycles. The van der Waals surface area contributed by atoms with Crippen LogP contribution in [0.2, 0.25) is 0 Å². The summed E-state index contributed by atoms with van der Waals surface area (Å²) in [6.07, 6.45) is 1.96. The van der Waals surface area contributed by atoms with E-state index in [1.165, 1.54) is 0 Å². The minimum absolute atomic E-state index is 0.411. The van der Waals surface area contributed by atoms with E-state index < -0.39 is 11.7 Å². The summed E-state index contributed by atoms with van der Waals surface area (Å²) in [4.78, 5) is 20.9. The molecule has 8 heteroatoms. The first kappa shape index (κ1) is 25.0. The van der Waals surface area contributed by atoms with E-state index in [1.807, 2.05) is 63.2 Å².